The highest BCUT2D eigenvalue weighted by Gasteiger charge is 2.31. The normalized spacial score (nSPS) is 14.9. The molecule has 3 aromatic rings. The molecular weight excluding hydrogens is 482 g/mol. The van der Waals surface area contributed by atoms with Crippen LogP contribution in [0.1, 0.15) is 18.2 Å². The lowest BCUT2D eigenvalue weighted by Crippen LogP contribution is -2.48. The van der Waals surface area contributed by atoms with Crippen LogP contribution in [0, 0.1) is 0 Å². The van der Waals surface area contributed by atoms with Crippen LogP contribution in [-0.4, -0.2) is 57.6 Å². The second-order valence-corrected chi connectivity index (χ2v) is 10.7. The Labute approximate surface area is 203 Å². The minimum Gasteiger partial charge on any atom is -0.495 e. The molecule has 0 saturated carbocycles. The quantitative estimate of drug-likeness (QED) is 0.452. The summed E-state index contributed by atoms with van der Waals surface area (Å²) < 4.78 is 38.6. The molecule has 0 atom stereocenters. The molecule has 2 heterocycles. The number of hydrogen-bond donors (Lipinski definition) is 0. The van der Waals surface area contributed by atoms with E-state index in [0.29, 0.717) is 43.6 Å². The largest absolute Gasteiger partial charge is 0.495 e. The second-order valence-electron chi connectivity index (χ2n) is 7.56. The highest BCUT2D eigenvalue weighted by atomic mass is 35.5. The van der Waals surface area contributed by atoms with Crippen molar-refractivity contribution in [1.29, 1.82) is 0 Å². The summed E-state index contributed by atoms with van der Waals surface area (Å²) in [5.41, 5.74) is 2.17. The number of benzene rings is 2. The van der Waals surface area contributed by atoms with Gasteiger partial charge in [-0.25, -0.2) is 13.4 Å². The molecule has 4 rings (SSSR count). The highest BCUT2D eigenvalue weighted by Crippen LogP contribution is 2.31. The van der Waals surface area contributed by atoms with Gasteiger partial charge in [-0.05, 0) is 42.8 Å². The summed E-state index contributed by atoms with van der Waals surface area (Å²) in [7, 11) is -2.25. The van der Waals surface area contributed by atoms with Crippen LogP contribution in [0.3, 0.4) is 0 Å². The van der Waals surface area contributed by atoms with E-state index in [9.17, 15) is 8.42 Å². The number of methoxy groups -OCH3 is 1. The predicted molar refractivity (Wildman–Crippen MR) is 132 cm³/mol. The van der Waals surface area contributed by atoms with Gasteiger partial charge in [0.25, 0.3) is 0 Å². The standard InChI is InChI=1S/C23H26ClN3O4S2/c1-3-31-20-7-4-17(5-8-20)14-19-16-32-23(25-19)26-10-12-27(13-11-26)33(28,29)22-15-18(24)6-9-21(22)30-2/h4-9,15-16H,3,10-14H2,1-2H3. The monoisotopic (exact) mass is 507 g/mol. The van der Waals surface area contributed by atoms with Gasteiger partial charge in [-0.15, -0.1) is 11.3 Å². The Bertz CT molecular complexity index is 1190. The fourth-order valence-electron chi connectivity index (χ4n) is 3.71. The van der Waals surface area contributed by atoms with Crippen LogP contribution in [0.15, 0.2) is 52.7 Å². The first-order chi connectivity index (χ1) is 15.9. The topological polar surface area (TPSA) is 72.0 Å². The Morgan fingerprint density at radius 1 is 1.09 bits per heavy atom. The van der Waals surface area contributed by atoms with Gasteiger partial charge in [-0.2, -0.15) is 4.31 Å². The summed E-state index contributed by atoms with van der Waals surface area (Å²) in [6, 6.07) is 12.7. The van der Waals surface area contributed by atoms with Gasteiger partial charge in [-0.1, -0.05) is 23.7 Å². The van der Waals surface area contributed by atoms with Crippen molar-refractivity contribution in [2.24, 2.45) is 0 Å². The van der Waals surface area contributed by atoms with Gasteiger partial charge in [0.15, 0.2) is 5.13 Å². The first-order valence-electron chi connectivity index (χ1n) is 10.7. The molecule has 1 aliphatic rings. The molecular formula is C23H26ClN3O4S2. The molecule has 10 heteroatoms. The maximum atomic E-state index is 13.2. The van der Waals surface area contributed by atoms with Gasteiger partial charge in [0.2, 0.25) is 10.0 Å². The zero-order valence-electron chi connectivity index (χ0n) is 18.5. The molecule has 1 aliphatic heterocycles. The number of hydrogen-bond acceptors (Lipinski definition) is 7. The van der Waals surface area contributed by atoms with E-state index in [4.69, 9.17) is 26.1 Å². The van der Waals surface area contributed by atoms with E-state index < -0.39 is 10.0 Å². The zero-order chi connectivity index (χ0) is 23.4. The highest BCUT2D eigenvalue weighted by molar-refractivity contribution is 7.89. The second kappa shape index (κ2) is 10.3. The van der Waals surface area contributed by atoms with Crippen molar-refractivity contribution in [3.8, 4) is 11.5 Å². The van der Waals surface area contributed by atoms with Crippen LogP contribution in [0.5, 0.6) is 11.5 Å². The van der Waals surface area contributed by atoms with Crippen molar-refractivity contribution in [3.63, 3.8) is 0 Å². The molecule has 0 bridgehead atoms. The van der Waals surface area contributed by atoms with Gasteiger partial charge in [0.1, 0.15) is 16.4 Å². The van der Waals surface area contributed by atoms with Gasteiger partial charge in [0, 0.05) is 43.0 Å². The lowest BCUT2D eigenvalue weighted by atomic mass is 10.1. The summed E-state index contributed by atoms with van der Waals surface area (Å²) in [6.45, 7) is 4.48. The molecule has 1 fully saturated rings. The van der Waals surface area contributed by atoms with E-state index in [1.54, 1.807) is 23.5 Å². The SMILES string of the molecule is CCOc1ccc(Cc2csc(N3CCN(S(=O)(=O)c4cc(Cl)ccc4OC)CC3)n2)cc1. The molecule has 176 valence electrons. The Morgan fingerprint density at radius 2 is 1.82 bits per heavy atom. The number of aromatic nitrogens is 1. The molecule has 0 amide bonds. The summed E-state index contributed by atoms with van der Waals surface area (Å²) in [5, 5.41) is 3.33. The molecule has 1 aromatic heterocycles. The smallest absolute Gasteiger partial charge is 0.246 e. The molecule has 7 nitrogen and oxygen atoms in total. The summed E-state index contributed by atoms with van der Waals surface area (Å²) >= 11 is 7.63. The van der Waals surface area contributed by atoms with Crippen LogP contribution >= 0.6 is 22.9 Å². The van der Waals surface area contributed by atoms with Crippen LogP contribution in [0.25, 0.3) is 0 Å². The minimum absolute atomic E-state index is 0.0952. The lowest BCUT2D eigenvalue weighted by molar-refractivity contribution is 0.340. The van der Waals surface area contributed by atoms with E-state index in [1.807, 2.05) is 19.1 Å². The number of nitrogens with zero attached hydrogens (tertiary/aromatic N) is 3. The third-order valence-electron chi connectivity index (χ3n) is 5.41. The van der Waals surface area contributed by atoms with E-state index in [1.165, 1.54) is 23.0 Å². The fraction of sp³-hybridized carbons (Fsp3) is 0.348. The van der Waals surface area contributed by atoms with Crippen molar-refractivity contribution < 1.29 is 17.9 Å². The Balaban J connectivity index is 1.39. The maximum Gasteiger partial charge on any atom is 0.246 e. The molecule has 0 radical (unpaired) electrons. The predicted octanol–water partition coefficient (Wildman–Crippen LogP) is 4.31. The summed E-state index contributed by atoms with van der Waals surface area (Å²) in [5.74, 6) is 1.16. The molecule has 0 N–H and O–H groups in total. The Morgan fingerprint density at radius 3 is 2.48 bits per heavy atom. The average Bonchev–Trinajstić information content (AvgIpc) is 3.29. The van der Waals surface area contributed by atoms with Gasteiger partial charge >= 0.3 is 0 Å². The molecule has 2 aromatic carbocycles. The van der Waals surface area contributed by atoms with Crippen molar-refractivity contribution in [2.75, 3.05) is 44.8 Å². The number of thiazole rings is 1. The van der Waals surface area contributed by atoms with Crippen molar-refractivity contribution in [1.82, 2.24) is 9.29 Å². The minimum atomic E-state index is -3.71. The average molecular weight is 508 g/mol. The fourth-order valence-corrected chi connectivity index (χ4v) is 6.43. The van der Waals surface area contributed by atoms with Gasteiger partial charge in [0.05, 0.1) is 19.4 Å². The van der Waals surface area contributed by atoms with Crippen LogP contribution < -0.4 is 14.4 Å². The van der Waals surface area contributed by atoms with Crippen molar-refractivity contribution in [2.45, 2.75) is 18.2 Å². The van der Waals surface area contributed by atoms with Crippen LogP contribution in [-0.2, 0) is 16.4 Å². The van der Waals surface area contributed by atoms with E-state index in [2.05, 4.69) is 22.4 Å². The van der Waals surface area contributed by atoms with Gasteiger partial charge in [-0.3, -0.25) is 0 Å². The van der Waals surface area contributed by atoms with E-state index >= 15 is 0 Å². The van der Waals surface area contributed by atoms with Crippen LogP contribution in [0.2, 0.25) is 5.02 Å². The first-order valence-corrected chi connectivity index (χ1v) is 13.3. The Kier molecular flexibility index (Phi) is 7.43. The first kappa shape index (κ1) is 23.8. The Hall–Kier alpha value is -2.33. The zero-order valence-corrected chi connectivity index (χ0v) is 20.9. The van der Waals surface area contributed by atoms with Crippen molar-refractivity contribution in [3.05, 3.63) is 64.1 Å². The summed E-state index contributed by atoms with van der Waals surface area (Å²) in [4.78, 5) is 7.01. The van der Waals surface area contributed by atoms with E-state index in [-0.39, 0.29) is 4.90 Å². The molecule has 0 unspecified atom stereocenters. The number of rotatable bonds is 8. The summed E-state index contributed by atoms with van der Waals surface area (Å²) in [6.07, 6.45) is 0.742. The third-order valence-corrected chi connectivity index (χ3v) is 8.52. The third kappa shape index (κ3) is 5.43. The number of halogens is 1. The van der Waals surface area contributed by atoms with Crippen molar-refractivity contribution >= 4 is 38.1 Å². The number of ether oxygens (including phenoxy) is 2. The van der Waals surface area contributed by atoms with Gasteiger partial charge < -0.3 is 14.4 Å². The molecule has 0 spiro atoms. The molecule has 1 saturated heterocycles. The molecule has 0 aliphatic carbocycles. The number of piperazine rings is 1. The maximum absolute atomic E-state index is 13.2. The van der Waals surface area contributed by atoms with Crippen LogP contribution in [0.4, 0.5) is 5.13 Å². The van der Waals surface area contributed by atoms with E-state index in [0.717, 1.165) is 23.0 Å². The number of anilines is 1. The lowest BCUT2D eigenvalue weighted by Gasteiger charge is -2.34. The molecule has 33 heavy (non-hydrogen) atoms. The number of sulfonamides is 1.